The minimum absolute atomic E-state index is 0.181. The number of amides is 1. The molecule has 0 saturated carbocycles. The summed E-state index contributed by atoms with van der Waals surface area (Å²) in [6, 6.07) is 8.09. The molecule has 0 saturated heterocycles. The number of ether oxygens (including phenoxy) is 3. The number of rotatable bonds is 8. The van der Waals surface area contributed by atoms with Gasteiger partial charge in [-0.05, 0) is 29.8 Å². The second kappa shape index (κ2) is 8.87. The number of para-hydroxylation sites is 1. The van der Waals surface area contributed by atoms with Crippen molar-refractivity contribution in [2.75, 3.05) is 26.6 Å². The highest BCUT2D eigenvalue weighted by Gasteiger charge is 2.29. The Balaban J connectivity index is 2.29. The van der Waals surface area contributed by atoms with E-state index in [0.29, 0.717) is 22.8 Å². The number of hydrogen-bond donors (Lipinski definition) is 1. The first-order valence-electron chi connectivity index (χ1n) is 7.94. The van der Waals surface area contributed by atoms with E-state index in [2.05, 4.69) is 5.32 Å². The average molecular weight is 415 g/mol. The number of anilines is 1. The zero-order valence-corrected chi connectivity index (χ0v) is 16.2. The number of hydrogen-bond acceptors (Lipinski definition) is 6. The van der Waals surface area contributed by atoms with Crippen molar-refractivity contribution in [2.45, 2.75) is 17.1 Å². The van der Waals surface area contributed by atoms with E-state index in [1.807, 2.05) is 0 Å². The van der Waals surface area contributed by atoms with Gasteiger partial charge < -0.3 is 19.5 Å². The summed E-state index contributed by atoms with van der Waals surface area (Å²) in [5.41, 5.74) is 0.265. The van der Waals surface area contributed by atoms with Crippen LogP contribution in [-0.4, -0.2) is 41.4 Å². The lowest BCUT2D eigenvalue weighted by atomic mass is 10.1. The normalized spacial score (nSPS) is 11.2. The molecule has 0 bridgehead atoms. The smallest absolute Gasteiger partial charge is 0.341 e. The number of halogens is 2. The maximum absolute atomic E-state index is 12.9. The highest BCUT2D eigenvalue weighted by atomic mass is 32.2. The SMILES string of the molecule is COc1cc(CC(=O)Nc2ccccc2S(=O)(=O)C(F)F)cc(OC)c1OC. The topological polar surface area (TPSA) is 90.9 Å². The number of alkyl halides is 2. The van der Waals surface area contributed by atoms with E-state index in [9.17, 15) is 22.0 Å². The van der Waals surface area contributed by atoms with E-state index in [1.54, 1.807) is 12.1 Å². The number of carbonyl (C=O) groups excluding carboxylic acids is 1. The summed E-state index contributed by atoms with van der Waals surface area (Å²) in [6.07, 6.45) is -0.181. The number of nitrogens with one attached hydrogen (secondary N) is 1. The molecule has 152 valence electrons. The molecule has 0 heterocycles. The molecule has 2 aromatic carbocycles. The number of sulfone groups is 1. The van der Waals surface area contributed by atoms with E-state index in [1.165, 1.54) is 39.5 Å². The maximum atomic E-state index is 12.9. The van der Waals surface area contributed by atoms with Crippen molar-refractivity contribution in [3.8, 4) is 17.2 Å². The minimum atomic E-state index is -4.86. The Labute approximate surface area is 161 Å². The molecule has 1 N–H and O–H groups in total. The van der Waals surface area contributed by atoms with Gasteiger partial charge in [0.05, 0.1) is 38.3 Å². The van der Waals surface area contributed by atoms with Crippen molar-refractivity contribution < 1.29 is 36.2 Å². The fourth-order valence-corrected chi connectivity index (χ4v) is 3.42. The third-order valence-electron chi connectivity index (χ3n) is 3.79. The largest absolute Gasteiger partial charge is 0.493 e. The van der Waals surface area contributed by atoms with Gasteiger partial charge in [-0.3, -0.25) is 4.79 Å². The van der Waals surface area contributed by atoms with Crippen LogP contribution in [0.2, 0.25) is 0 Å². The van der Waals surface area contributed by atoms with Crippen LogP contribution in [0.4, 0.5) is 14.5 Å². The average Bonchev–Trinajstić information content (AvgIpc) is 2.67. The van der Waals surface area contributed by atoms with Gasteiger partial charge in [0, 0.05) is 0 Å². The highest BCUT2D eigenvalue weighted by molar-refractivity contribution is 7.91. The predicted octanol–water partition coefficient (Wildman–Crippen LogP) is 2.89. The second-order valence-corrected chi connectivity index (χ2v) is 7.45. The van der Waals surface area contributed by atoms with E-state index in [4.69, 9.17) is 14.2 Å². The highest BCUT2D eigenvalue weighted by Crippen LogP contribution is 2.38. The van der Waals surface area contributed by atoms with Crippen LogP contribution < -0.4 is 19.5 Å². The van der Waals surface area contributed by atoms with Crippen molar-refractivity contribution in [3.63, 3.8) is 0 Å². The van der Waals surface area contributed by atoms with Gasteiger partial charge in [0.1, 0.15) is 0 Å². The summed E-state index contributed by atoms with van der Waals surface area (Å²) in [5.74, 6) is -3.18. The van der Waals surface area contributed by atoms with E-state index in [-0.39, 0.29) is 12.1 Å². The van der Waals surface area contributed by atoms with Crippen molar-refractivity contribution in [3.05, 3.63) is 42.0 Å². The summed E-state index contributed by atoms with van der Waals surface area (Å²) in [6.45, 7) is 0. The Morgan fingerprint density at radius 1 is 1.04 bits per heavy atom. The molecule has 0 radical (unpaired) electrons. The van der Waals surface area contributed by atoms with Crippen molar-refractivity contribution in [2.24, 2.45) is 0 Å². The van der Waals surface area contributed by atoms with Crippen LogP contribution in [0.1, 0.15) is 5.56 Å². The second-order valence-electron chi connectivity index (χ2n) is 5.56. The summed E-state index contributed by atoms with van der Waals surface area (Å²) >= 11 is 0. The number of carbonyl (C=O) groups is 1. The molecule has 0 aliphatic rings. The van der Waals surface area contributed by atoms with Crippen molar-refractivity contribution >= 4 is 21.4 Å². The van der Waals surface area contributed by atoms with Crippen molar-refractivity contribution in [1.29, 1.82) is 0 Å². The van der Waals surface area contributed by atoms with E-state index >= 15 is 0 Å². The third kappa shape index (κ3) is 4.50. The molecular weight excluding hydrogens is 396 g/mol. The molecule has 2 rings (SSSR count). The molecule has 0 aromatic heterocycles. The van der Waals surface area contributed by atoms with Crippen LogP contribution in [0.5, 0.6) is 17.2 Å². The zero-order chi connectivity index (χ0) is 20.9. The lowest BCUT2D eigenvalue weighted by Crippen LogP contribution is -2.19. The number of methoxy groups -OCH3 is 3. The molecule has 28 heavy (non-hydrogen) atoms. The summed E-state index contributed by atoms with van der Waals surface area (Å²) < 4.78 is 64.9. The molecule has 0 unspecified atom stereocenters. The van der Waals surface area contributed by atoms with Crippen LogP contribution in [0.25, 0.3) is 0 Å². The van der Waals surface area contributed by atoms with Crippen LogP contribution in [-0.2, 0) is 21.1 Å². The van der Waals surface area contributed by atoms with Gasteiger partial charge in [-0.15, -0.1) is 0 Å². The van der Waals surface area contributed by atoms with E-state index in [0.717, 1.165) is 6.07 Å². The Kier molecular flexibility index (Phi) is 6.79. The standard InChI is InChI=1S/C18H19F2NO6S/c1-25-13-8-11(9-14(26-2)17(13)27-3)10-16(22)21-12-6-4-5-7-15(12)28(23,24)18(19)20/h4-9,18H,10H2,1-3H3,(H,21,22). The third-order valence-corrected chi connectivity index (χ3v) is 5.23. The lowest BCUT2D eigenvalue weighted by Gasteiger charge is -2.15. The first-order valence-corrected chi connectivity index (χ1v) is 9.49. The molecule has 0 atom stereocenters. The molecule has 7 nitrogen and oxygen atoms in total. The fourth-order valence-electron chi connectivity index (χ4n) is 2.53. The molecule has 0 fully saturated rings. The van der Waals surface area contributed by atoms with Gasteiger partial charge in [0.15, 0.2) is 11.5 Å². The Morgan fingerprint density at radius 3 is 2.11 bits per heavy atom. The van der Waals surface area contributed by atoms with Crippen LogP contribution in [0, 0.1) is 0 Å². The van der Waals surface area contributed by atoms with Gasteiger partial charge >= 0.3 is 5.76 Å². The Hall–Kier alpha value is -2.88. The van der Waals surface area contributed by atoms with Gasteiger partial charge in [0.2, 0.25) is 21.5 Å². The van der Waals surface area contributed by atoms with Gasteiger partial charge in [-0.1, -0.05) is 12.1 Å². The van der Waals surface area contributed by atoms with Gasteiger partial charge in [0.25, 0.3) is 0 Å². The Morgan fingerprint density at radius 2 is 1.61 bits per heavy atom. The fraction of sp³-hybridized carbons (Fsp3) is 0.278. The number of benzene rings is 2. The molecule has 0 aliphatic heterocycles. The van der Waals surface area contributed by atoms with Crippen LogP contribution >= 0.6 is 0 Å². The monoisotopic (exact) mass is 415 g/mol. The van der Waals surface area contributed by atoms with E-state index < -0.39 is 26.4 Å². The van der Waals surface area contributed by atoms with Crippen molar-refractivity contribution in [1.82, 2.24) is 0 Å². The molecule has 10 heteroatoms. The summed E-state index contributed by atoms with van der Waals surface area (Å²) in [4.78, 5) is 11.7. The molecule has 0 spiro atoms. The van der Waals surface area contributed by atoms with Gasteiger partial charge in [-0.25, -0.2) is 8.42 Å². The molecular formula is C18H19F2NO6S. The van der Waals surface area contributed by atoms with Gasteiger partial charge in [-0.2, -0.15) is 8.78 Å². The minimum Gasteiger partial charge on any atom is -0.493 e. The molecule has 1 amide bonds. The zero-order valence-electron chi connectivity index (χ0n) is 15.4. The first-order chi connectivity index (χ1) is 13.2. The predicted molar refractivity (Wildman–Crippen MR) is 98.1 cm³/mol. The summed E-state index contributed by atoms with van der Waals surface area (Å²) in [5, 5.41) is 2.36. The summed E-state index contributed by atoms with van der Waals surface area (Å²) in [7, 11) is -0.577. The maximum Gasteiger partial charge on any atom is 0.341 e. The quantitative estimate of drug-likeness (QED) is 0.713. The first kappa shape index (κ1) is 21.4. The lowest BCUT2D eigenvalue weighted by molar-refractivity contribution is -0.115. The molecule has 2 aromatic rings. The van der Waals surface area contributed by atoms with Crippen LogP contribution in [0.15, 0.2) is 41.3 Å². The molecule has 0 aliphatic carbocycles. The Bertz CT molecular complexity index is 937. The van der Waals surface area contributed by atoms with Crippen LogP contribution in [0.3, 0.4) is 0 Å².